The standard InChI is InChI=1S/C12H10Br2O3/c1-2-17-11(16)12(14)6-7-5-8(13)3-4-9(7)10(12)15/h3-5H,2,6H2,1H3. The summed E-state index contributed by atoms with van der Waals surface area (Å²) in [6.45, 7) is 1.98. The Morgan fingerprint density at radius 1 is 1.53 bits per heavy atom. The van der Waals surface area contributed by atoms with E-state index in [1.807, 2.05) is 6.07 Å². The molecule has 0 fully saturated rings. The summed E-state index contributed by atoms with van der Waals surface area (Å²) in [6, 6.07) is 5.38. The summed E-state index contributed by atoms with van der Waals surface area (Å²) in [4.78, 5) is 24.0. The molecular weight excluding hydrogens is 352 g/mol. The lowest BCUT2D eigenvalue weighted by atomic mass is 10.1. The van der Waals surface area contributed by atoms with Crippen LogP contribution in [0.15, 0.2) is 22.7 Å². The second kappa shape index (κ2) is 4.53. The average molecular weight is 362 g/mol. The first-order chi connectivity index (χ1) is 7.99. The van der Waals surface area contributed by atoms with Crippen molar-refractivity contribution in [1.82, 2.24) is 0 Å². The maximum atomic E-state index is 12.2. The predicted molar refractivity (Wildman–Crippen MR) is 70.5 cm³/mol. The van der Waals surface area contributed by atoms with E-state index >= 15 is 0 Å². The maximum Gasteiger partial charge on any atom is 0.331 e. The molecule has 0 aromatic heterocycles. The average Bonchev–Trinajstić information content (AvgIpc) is 2.52. The fourth-order valence-electron chi connectivity index (χ4n) is 1.90. The van der Waals surface area contributed by atoms with Crippen LogP contribution < -0.4 is 0 Å². The zero-order chi connectivity index (χ0) is 12.6. The van der Waals surface area contributed by atoms with E-state index < -0.39 is 10.3 Å². The topological polar surface area (TPSA) is 43.4 Å². The van der Waals surface area contributed by atoms with Gasteiger partial charge in [-0.1, -0.05) is 31.9 Å². The zero-order valence-electron chi connectivity index (χ0n) is 9.13. The van der Waals surface area contributed by atoms with E-state index in [1.54, 1.807) is 19.1 Å². The van der Waals surface area contributed by atoms with Crippen LogP contribution in [0, 0.1) is 0 Å². The zero-order valence-corrected chi connectivity index (χ0v) is 12.3. The molecule has 0 bridgehead atoms. The van der Waals surface area contributed by atoms with E-state index in [1.165, 1.54) is 0 Å². The van der Waals surface area contributed by atoms with Crippen molar-refractivity contribution in [2.24, 2.45) is 0 Å². The van der Waals surface area contributed by atoms with Crippen LogP contribution in [0.3, 0.4) is 0 Å². The van der Waals surface area contributed by atoms with Crippen LogP contribution in [-0.2, 0) is 16.0 Å². The van der Waals surface area contributed by atoms with Crippen molar-refractivity contribution >= 4 is 43.6 Å². The van der Waals surface area contributed by atoms with Crippen molar-refractivity contribution in [2.45, 2.75) is 17.7 Å². The van der Waals surface area contributed by atoms with E-state index in [2.05, 4.69) is 31.9 Å². The summed E-state index contributed by atoms with van der Waals surface area (Å²) < 4.78 is 4.59. The van der Waals surface area contributed by atoms with Crippen molar-refractivity contribution in [3.8, 4) is 0 Å². The molecule has 90 valence electrons. The summed E-state index contributed by atoms with van der Waals surface area (Å²) in [6.07, 6.45) is 0.333. The molecular formula is C12H10Br2O3. The summed E-state index contributed by atoms with van der Waals surface area (Å²) in [7, 11) is 0. The number of hydrogen-bond acceptors (Lipinski definition) is 3. The third-order valence-electron chi connectivity index (χ3n) is 2.70. The van der Waals surface area contributed by atoms with Crippen molar-refractivity contribution in [3.63, 3.8) is 0 Å². The smallest absolute Gasteiger partial charge is 0.331 e. The minimum atomic E-state index is -1.24. The van der Waals surface area contributed by atoms with Gasteiger partial charge in [0.1, 0.15) is 0 Å². The summed E-state index contributed by atoms with van der Waals surface area (Å²) in [5.74, 6) is -0.740. The molecule has 1 aliphatic carbocycles. The number of benzene rings is 1. The highest BCUT2D eigenvalue weighted by Gasteiger charge is 2.50. The van der Waals surface area contributed by atoms with Gasteiger partial charge in [0.25, 0.3) is 0 Å². The summed E-state index contributed by atoms with van der Waals surface area (Å²) in [5, 5.41) is 0. The Morgan fingerprint density at radius 3 is 2.88 bits per heavy atom. The SMILES string of the molecule is CCOC(=O)C1(Br)Cc2cc(Br)ccc2C1=O. The van der Waals surface area contributed by atoms with E-state index in [0.29, 0.717) is 12.0 Å². The number of rotatable bonds is 2. The third-order valence-corrected chi connectivity index (χ3v) is 4.16. The van der Waals surface area contributed by atoms with Crippen LogP contribution in [0.2, 0.25) is 0 Å². The number of Topliss-reactive ketones (excluding diaryl/α,β-unsaturated/α-hetero) is 1. The molecule has 1 unspecified atom stereocenters. The number of hydrogen-bond donors (Lipinski definition) is 0. The molecule has 2 rings (SSSR count). The minimum Gasteiger partial charge on any atom is -0.465 e. The van der Waals surface area contributed by atoms with Gasteiger partial charge in [0.2, 0.25) is 0 Å². The quantitative estimate of drug-likeness (QED) is 0.462. The van der Waals surface area contributed by atoms with Gasteiger partial charge in [-0.15, -0.1) is 0 Å². The second-order valence-corrected chi connectivity index (χ2v) is 6.10. The lowest BCUT2D eigenvalue weighted by Crippen LogP contribution is -2.39. The van der Waals surface area contributed by atoms with Crippen LogP contribution in [0.5, 0.6) is 0 Å². The highest BCUT2D eigenvalue weighted by atomic mass is 79.9. The molecule has 0 heterocycles. The summed E-state index contributed by atoms with van der Waals surface area (Å²) >= 11 is 6.59. The Kier molecular flexibility index (Phi) is 3.41. The second-order valence-electron chi connectivity index (χ2n) is 3.83. The van der Waals surface area contributed by atoms with E-state index in [4.69, 9.17) is 4.74 Å². The number of halogens is 2. The van der Waals surface area contributed by atoms with Crippen LogP contribution in [-0.4, -0.2) is 22.7 Å². The van der Waals surface area contributed by atoms with Gasteiger partial charge < -0.3 is 4.74 Å². The van der Waals surface area contributed by atoms with Crippen LogP contribution in [0.25, 0.3) is 0 Å². The number of alkyl halides is 1. The largest absolute Gasteiger partial charge is 0.465 e. The molecule has 17 heavy (non-hydrogen) atoms. The molecule has 0 amide bonds. The number of carbonyl (C=O) groups is 2. The minimum absolute atomic E-state index is 0.224. The monoisotopic (exact) mass is 360 g/mol. The van der Waals surface area contributed by atoms with Crippen LogP contribution in [0.4, 0.5) is 0 Å². The molecule has 1 aliphatic rings. The number of fused-ring (bicyclic) bond motifs is 1. The summed E-state index contributed by atoms with van der Waals surface area (Å²) in [5.41, 5.74) is 1.44. The Bertz CT molecular complexity index is 499. The Labute approximate surface area is 116 Å². The fraction of sp³-hybridized carbons (Fsp3) is 0.333. The van der Waals surface area contributed by atoms with Gasteiger partial charge in [0.05, 0.1) is 6.61 Å². The first kappa shape index (κ1) is 12.8. The molecule has 0 saturated heterocycles. The predicted octanol–water partition coefficient (Wildman–Crippen LogP) is 2.88. The normalized spacial score (nSPS) is 22.4. The van der Waals surface area contributed by atoms with Gasteiger partial charge in [0.15, 0.2) is 10.1 Å². The third kappa shape index (κ3) is 2.06. The number of carbonyl (C=O) groups excluding carboxylic acids is 2. The van der Waals surface area contributed by atoms with Crippen molar-refractivity contribution < 1.29 is 14.3 Å². The molecule has 0 saturated carbocycles. The molecule has 0 radical (unpaired) electrons. The molecule has 1 aromatic rings. The highest BCUT2D eigenvalue weighted by molar-refractivity contribution is 9.10. The lowest BCUT2D eigenvalue weighted by Gasteiger charge is -2.16. The van der Waals surface area contributed by atoms with E-state index in [9.17, 15) is 9.59 Å². The van der Waals surface area contributed by atoms with E-state index in [-0.39, 0.29) is 12.4 Å². The van der Waals surface area contributed by atoms with E-state index in [0.717, 1.165) is 10.0 Å². The molecule has 0 spiro atoms. The Balaban J connectivity index is 2.39. The number of esters is 1. The molecule has 1 aromatic carbocycles. The van der Waals surface area contributed by atoms with Crippen molar-refractivity contribution in [3.05, 3.63) is 33.8 Å². The van der Waals surface area contributed by atoms with Crippen molar-refractivity contribution in [2.75, 3.05) is 6.61 Å². The van der Waals surface area contributed by atoms with Gasteiger partial charge in [-0.3, -0.25) is 9.59 Å². The van der Waals surface area contributed by atoms with Crippen LogP contribution in [0.1, 0.15) is 22.8 Å². The fourth-order valence-corrected chi connectivity index (χ4v) is 2.94. The number of ether oxygens (including phenoxy) is 1. The Hall–Kier alpha value is -0.680. The first-order valence-electron chi connectivity index (χ1n) is 5.18. The van der Waals surface area contributed by atoms with Crippen LogP contribution >= 0.6 is 31.9 Å². The molecule has 3 nitrogen and oxygen atoms in total. The Morgan fingerprint density at radius 2 is 2.24 bits per heavy atom. The molecule has 5 heteroatoms. The highest BCUT2D eigenvalue weighted by Crippen LogP contribution is 2.38. The van der Waals surface area contributed by atoms with Gasteiger partial charge >= 0.3 is 5.97 Å². The molecule has 1 atom stereocenters. The van der Waals surface area contributed by atoms with Gasteiger partial charge in [-0.25, -0.2) is 0 Å². The number of ketones is 1. The maximum absolute atomic E-state index is 12.2. The van der Waals surface area contributed by atoms with Gasteiger partial charge in [0, 0.05) is 16.5 Å². The molecule has 0 aliphatic heterocycles. The van der Waals surface area contributed by atoms with Gasteiger partial charge in [-0.05, 0) is 30.7 Å². The lowest BCUT2D eigenvalue weighted by molar-refractivity contribution is -0.144. The molecule has 0 N–H and O–H groups in total. The first-order valence-corrected chi connectivity index (χ1v) is 6.77. The van der Waals surface area contributed by atoms with Crippen molar-refractivity contribution in [1.29, 1.82) is 0 Å². The van der Waals surface area contributed by atoms with Gasteiger partial charge in [-0.2, -0.15) is 0 Å².